The van der Waals surface area contributed by atoms with Crippen LogP contribution in [-0.2, 0) is 6.42 Å². The van der Waals surface area contributed by atoms with Gasteiger partial charge in [0.25, 0.3) is 0 Å². The van der Waals surface area contributed by atoms with Crippen LogP contribution in [0.1, 0.15) is 30.0 Å². The van der Waals surface area contributed by atoms with E-state index >= 15 is 0 Å². The zero-order valence-electron chi connectivity index (χ0n) is 11.1. The van der Waals surface area contributed by atoms with Crippen molar-refractivity contribution in [3.63, 3.8) is 0 Å². The number of hydrogen-bond acceptors (Lipinski definition) is 6. The first kappa shape index (κ1) is 15.3. The Labute approximate surface area is 130 Å². The van der Waals surface area contributed by atoms with E-state index in [0.717, 1.165) is 32.1 Å². The predicted octanol–water partition coefficient (Wildman–Crippen LogP) is 4.06. The van der Waals surface area contributed by atoms with E-state index in [1.165, 1.54) is 35.1 Å². The van der Waals surface area contributed by atoms with Crippen molar-refractivity contribution in [3.05, 3.63) is 29.6 Å². The number of benzene rings is 1. The fourth-order valence-electron chi connectivity index (χ4n) is 1.60. The number of carboxylic acids is 1. The summed E-state index contributed by atoms with van der Waals surface area (Å²) in [6.07, 6.45) is 0.786. The lowest BCUT2D eigenvalue weighted by atomic mass is 10.2. The maximum atomic E-state index is 11.5. The van der Waals surface area contributed by atoms with Crippen LogP contribution in [0, 0.1) is 0 Å². The number of aromatic carboxylic acids is 1. The molecule has 0 amide bonds. The number of carbonyl (C=O) groups is 1. The van der Waals surface area contributed by atoms with Gasteiger partial charge in [0, 0.05) is 16.2 Å². The number of nitrogens with zero attached hydrogens (tertiary/aromatic N) is 2. The summed E-state index contributed by atoms with van der Waals surface area (Å²) in [7, 11) is 0. The van der Waals surface area contributed by atoms with Crippen LogP contribution in [0.2, 0.25) is 0 Å². The highest BCUT2D eigenvalue weighted by atomic mass is 32.2. The molecule has 2 rings (SSSR count). The molecule has 0 atom stereocenters. The van der Waals surface area contributed by atoms with Gasteiger partial charge in [-0.1, -0.05) is 31.7 Å². The molecule has 0 aliphatic carbocycles. The largest absolute Gasteiger partial charge is 0.478 e. The molecule has 1 heterocycles. The fourth-order valence-corrected chi connectivity index (χ4v) is 4.31. The molecule has 0 saturated carbocycles. The van der Waals surface area contributed by atoms with Crippen molar-refractivity contribution < 1.29 is 9.90 Å². The molecule has 0 radical (unpaired) electrons. The number of rotatable bonds is 6. The van der Waals surface area contributed by atoms with Crippen LogP contribution in [-0.4, -0.2) is 26.2 Å². The Kier molecular flexibility index (Phi) is 5.45. The van der Waals surface area contributed by atoms with Gasteiger partial charge in [-0.05, 0) is 29.4 Å². The monoisotopic (exact) mass is 326 g/mol. The zero-order chi connectivity index (χ0) is 14.5. The second-order valence-corrected chi connectivity index (χ2v) is 7.15. The van der Waals surface area contributed by atoms with Crippen LogP contribution in [0.25, 0.3) is 0 Å². The first-order chi connectivity index (χ1) is 9.65. The zero-order valence-corrected chi connectivity index (χ0v) is 13.6. The molecule has 0 saturated heterocycles. The van der Waals surface area contributed by atoms with Gasteiger partial charge in [-0.25, -0.2) is 9.78 Å². The molecule has 0 aliphatic rings. The molecule has 7 heteroatoms. The smallest absolute Gasteiger partial charge is 0.337 e. The summed E-state index contributed by atoms with van der Waals surface area (Å²) in [6.45, 7) is 4.01. The van der Waals surface area contributed by atoms with Crippen molar-refractivity contribution in [2.75, 3.05) is 5.75 Å². The van der Waals surface area contributed by atoms with E-state index in [9.17, 15) is 9.90 Å². The van der Waals surface area contributed by atoms with Crippen LogP contribution in [0.3, 0.4) is 0 Å². The summed E-state index contributed by atoms with van der Waals surface area (Å²) in [5.74, 6) is 0.741. The first-order valence-corrected chi connectivity index (χ1v) is 8.72. The van der Waals surface area contributed by atoms with Gasteiger partial charge in [0.1, 0.15) is 5.82 Å². The molecule has 4 nitrogen and oxygen atoms in total. The molecule has 0 spiro atoms. The molecule has 1 aromatic carbocycles. The van der Waals surface area contributed by atoms with Crippen molar-refractivity contribution in [1.29, 1.82) is 0 Å². The number of thioether (sulfide) groups is 1. The van der Waals surface area contributed by atoms with Gasteiger partial charge in [-0.3, -0.25) is 0 Å². The van der Waals surface area contributed by atoms with Crippen molar-refractivity contribution in [1.82, 2.24) is 9.36 Å². The Morgan fingerprint density at radius 1 is 1.35 bits per heavy atom. The average molecular weight is 326 g/mol. The van der Waals surface area contributed by atoms with Crippen LogP contribution in [0.5, 0.6) is 0 Å². The molecule has 0 unspecified atom stereocenters. The second kappa shape index (κ2) is 7.10. The molecule has 20 heavy (non-hydrogen) atoms. The van der Waals surface area contributed by atoms with E-state index in [1.54, 1.807) is 0 Å². The lowest BCUT2D eigenvalue weighted by Gasteiger charge is -2.08. The van der Waals surface area contributed by atoms with Crippen molar-refractivity contribution in [2.45, 2.75) is 34.4 Å². The number of hydrogen-bond donors (Lipinski definition) is 1. The van der Waals surface area contributed by atoms with Gasteiger partial charge < -0.3 is 5.11 Å². The van der Waals surface area contributed by atoms with Gasteiger partial charge in [0.05, 0.1) is 5.56 Å². The van der Waals surface area contributed by atoms with Gasteiger partial charge in [0.15, 0.2) is 4.34 Å². The van der Waals surface area contributed by atoms with Crippen LogP contribution in [0.4, 0.5) is 0 Å². The molecule has 0 bridgehead atoms. The van der Waals surface area contributed by atoms with Crippen molar-refractivity contribution in [2.24, 2.45) is 0 Å². The normalized spacial score (nSPS) is 10.7. The standard InChI is InChI=1S/C13H14N2O2S3/c1-3-10-14-13(20-15-10)19-9-7-5-6-8(18-4-2)11(9)12(16)17/h5-7H,3-4H2,1-2H3,(H,16,17). The first-order valence-electron chi connectivity index (χ1n) is 6.15. The molecular formula is C13H14N2O2S3. The highest BCUT2D eigenvalue weighted by molar-refractivity contribution is 8.01. The molecule has 106 valence electrons. The van der Waals surface area contributed by atoms with Gasteiger partial charge in [-0.2, -0.15) is 4.37 Å². The molecular weight excluding hydrogens is 312 g/mol. The maximum Gasteiger partial charge on any atom is 0.337 e. The van der Waals surface area contributed by atoms with Crippen molar-refractivity contribution in [3.8, 4) is 0 Å². The summed E-state index contributed by atoms with van der Waals surface area (Å²) in [6, 6.07) is 5.55. The minimum atomic E-state index is -0.899. The van der Waals surface area contributed by atoms with Gasteiger partial charge in [-0.15, -0.1) is 11.8 Å². The molecule has 2 aromatic rings. The summed E-state index contributed by atoms with van der Waals surface area (Å²) in [5.41, 5.74) is 0.359. The van der Waals surface area contributed by atoms with E-state index in [-0.39, 0.29) is 0 Å². The van der Waals surface area contributed by atoms with Gasteiger partial charge in [0.2, 0.25) is 0 Å². The maximum absolute atomic E-state index is 11.5. The minimum Gasteiger partial charge on any atom is -0.478 e. The lowest BCUT2D eigenvalue weighted by Crippen LogP contribution is -2.01. The quantitative estimate of drug-likeness (QED) is 0.808. The van der Waals surface area contributed by atoms with Crippen LogP contribution >= 0.6 is 35.1 Å². The number of aryl methyl sites for hydroxylation is 1. The fraction of sp³-hybridized carbons (Fsp3) is 0.308. The molecule has 0 fully saturated rings. The summed E-state index contributed by atoms with van der Waals surface area (Å²) < 4.78 is 5.00. The van der Waals surface area contributed by atoms with E-state index in [4.69, 9.17) is 0 Å². The molecule has 1 N–H and O–H groups in total. The van der Waals surface area contributed by atoms with E-state index in [0.29, 0.717) is 5.56 Å². The van der Waals surface area contributed by atoms with Crippen LogP contribution < -0.4 is 0 Å². The summed E-state index contributed by atoms with van der Waals surface area (Å²) in [5, 5.41) is 9.44. The third kappa shape index (κ3) is 3.53. The minimum absolute atomic E-state index is 0.359. The van der Waals surface area contributed by atoms with E-state index in [1.807, 2.05) is 32.0 Å². The SMILES string of the molecule is CCSc1cccc(Sc2nc(CC)ns2)c1C(=O)O. The van der Waals surface area contributed by atoms with E-state index in [2.05, 4.69) is 9.36 Å². The third-order valence-electron chi connectivity index (χ3n) is 2.46. The second-order valence-electron chi connectivity index (χ2n) is 3.80. The Morgan fingerprint density at radius 2 is 2.10 bits per heavy atom. The Bertz CT molecular complexity index is 613. The lowest BCUT2D eigenvalue weighted by molar-refractivity contribution is 0.0689. The summed E-state index contributed by atoms with van der Waals surface area (Å²) >= 11 is 4.22. The van der Waals surface area contributed by atoms with Crippen molar-refractivity contribution >= 4 is 41.0 Å². The molecule has 0 aliphatic heterocycles. The summed E-state index contributed by atoms with van der Waals surface area (Å²) in [4.78, 5) is 17.4. The highest BCUT2D eigenvalue weighted by Crippen LogP contribution is 2.36. The number of aromatic nitrogens is 2. The predicted molar refractivity (Wildman–Crippen MR) is 83.2 cm³/mol. The van der Waals surface area contributed by atoms with Crippen LogP contribution in [0.15, 0.2) is 32.3 Å². The van der Waals surface area contributed by atoms with Gasteiger partial charge >= 0.3 is 5.97 Å². The highest BCUT2D eigenvalue weighted by Gasteiger charge is 2.17. The third-order valence-corrected chi connectivity index (χ3v) is 5.25. The Morgan fingerprint density at radius 3 is 2.70 bits per heavy atom. The average Bonchev–Trinajstić information content (AvgIpc) is 2.86. The Balaban J connectivity index is 2.35. The van der Waals surface area contributed by atoms with E-state index < -0.39 is 5.97 Å². The Hall–Kier alpha value is -1.05. The topological polar surface area (TPSA) is 63.1 Å². The number of carboxylic acid groups (broad SMARTS) is 1. The molecule has 1 aromatic heterocycles.